The standard InChI is InChI=1S/C13H13N3O4S/c1-7-4-5-9(6-10(7)13(17)18)21-12-11(16(19)20)8(2)14-15(12)3/h4-6H,1-3H3,(H,17,18). The van der Waals surface area contributed by atoms with E-state index in [1.165, 1.54) is 10.7 Å². The van der Waals surface area contributed by atoms with E-state index < -0.39 is 10.9 Å². The van der Waals surface area contributed by atoms with Crippen LogP contribution in [0, 0.1) is 24.0 Å². The topological polar surface area (TPSA) is 98.3 Å². The van der Waals surface area contributed by atoms with Gasteiger partial charge in [-0.05, 0) is 31.5 Å². The van der Waals surface area contributed by atoms with E-state index in [1.54, 1.807) is 33.0 Å². The van der Waals surface area contributed by atoms with Crippen molar-refractivity contribution in [2.24, 2.45) is 7.05 Å². The molecule has 110 valence electrons. The molecule has 0 amide bonds. The molecular weight excluding hydrogens is 294 g/mol. The maximum Gasteiger partial charge on any atom is 0.335 e. The summed E-state index contributed by atoms with van der Waals surface area (Å²) in [6, 6.07) is 4.92. The number of aromatic carboxylic acids is 1. The lowest BCUT2D eigenvalue weighted by Crippen LogP contribution is -2.00. The first-order valence-electron chi connectivity index (χ1n) is 6.01. The zero-order chi connectivity index (χ0) is 15.7. The van der Waals surface area contributed by atoms with Crippen LogP contribution in [0.25, 0.3) is 0 Å². The van der Waals surface area contributed by atoms with Crippen LogP contribution >= 0.6 is 11.8 Å². The van der Waals surface area contributed by atoms with Crippen LogP contribution in [0.1, 0.15) is 21.6 Å². The van der Waals surface area contributed by atoms with E-state index >= 15 is 0 Å². The molecule has 0 radical (unpaired) electrons. The fraction of sp³-hybridized carbons (Fsp3) is 0.231. The van der Waals surface area contributed by atoms with Gasteiger partial charge in [-0.1, -0.05) is 17.8 Å². The van der Waals surface area contributed by atoms with Gasteiger partial charge in [0.05, 0.1) is 10.5 Å². The summed E-state index contributed by atoms with van der Waals surface area (Å²) in [4.78, 5) is 22.4. The largest absolute Gasteiger partial charge is 0.478 e. The Hall–Kier alpha value is -2.35. The third-order valence-corrected chi connectivity index (χ3v) is 4.12. The highest BCUT2D eigenvalue weighted by molar-refractivity contribution is 7.99. The van der Waals surface area contributed by atoms with Gasteiger partial charge < -0.3 is 5.11 Å². The molecule has 0 unspecified atom stereocenters. The van der Waals surface area contributed by atoms with Gasteiger partial charge >= 0.3 is 11.7 Å². The molecular formula is C13H13N3O4S. The van der Waals surface area contributed by atoms with Crippen molar-refractivity contribution in [2.45, 2.75) is 23.8 Å². The number of carbonyl (C=O) groups is 1. The van der Waals surface area contributed by atoms with Gasteiger partial charge in [0.15, 0.2) is 5.03 Å². The summed E-state index contributed by atoms with van der Waals surface area (Å²) < 4.78 is 1.43. The van der Waals surface area contributed by atoms with Crippen molar-refractivity contribution in [1.82, 2.24) is 9.78 Å². The first-order chi connectivity index (χ1) is 9.81. The molecule has 21 heavy (non-hydrogen) atoms. The minimum Gasteiger partial charge on any atom is -0.478 e. The maximum atomic E-state index is 11.1. The predicted molar refractivity (Wildman–Crippen MR) is 76.9 cm³/mol. The molecule has 8 heteroatoms. The minimum absolute atomic E-state index is 0.0556. The third kappa shape index (κ3) is 2.89. The van der Waals surface area contributed by atoms with Crippen LogP contribution in [-0.4, -0.2) is 25.8 Å². The summed E-state index contributed by atoms with van der Waals surface area (Å²) in [6.07, 6.45) is 0. The summed E-state index contributed by atoms with van der Waals surface area (Å²) in [5.74, 6) is -1.02. The van der Waals surface area contributed by atoms with Crippen molar-refractivity contribution in [3.8, 4) is 0 Å². The molecule has 0 saturated carbocycles. The first-order valence-corrected chi connectivity index (χ1v) is 6.82. The van der Waals surface area contributed by atoms with Crippen molar-refractivity contribution in [1.29, 1.82) is 0 Å². The highest BCUT2D eigenvalue weighted by Gasteiger charge is 2.25. The number of carboxylic acids is 1. The average molecular weight is 307 g/mol. The average Bonchev–Trinajstić information content (AvgIpc) is 2.66. The second-order valence-corrected chi connectivity index (χ2v) is 5.57. The first kappa shape index (κ1) is 15.0. The van der Waals surface area contributed by atoms with E-state index in [0.717, 1.165) is 11.8 Å². The van der Waals surface area contributed by atoms with Crippen molar-refractivity contribution in [3.63, 3.8) is 0 Å². The quantitative estimate of drug-likeness (QED) is 0.689. The molecule has 0 bridgehead atoms. The number of nitrogens with zero attached hydrogens (tertiary/aromatic N) is 3. The van der Waals surface area contributed by atoms with Crippen molar-refractivity contribution in [2.75, 3.05) is 0 Å². The zero-order valence-corrected chi connectivity index (χ0v) is 12.5. The van der Waals surface area contributed by atoms with Crippen LogP contribution in [0.3, 0.4) is 0 Å². The Labute approximate surface area is 124 Å². The maximum absolute atomic E-state index is 11.1. The van der Waals surface area contributed by atoms with Gasteiger partial charge in [-0.25, -0.2) is 4.79 Å². The van der Waals surface area contributed by atoms with E-state index in [1.807, 2.05) is 0 Å². The highest BCUT2D eigenvalue weighted by Crippen LogP contribution is 2.36. The molecule has 0 aliphatic heterocycles. The van der Waals surface area contributed by atoms with Crippen LogP contribution < -0.4 is 0 Å². The molecule has 1 N–H and O–H groups in total. The fourth-order valence-electron chi connectivity index (χ4n) is 1.96. The van der Waals surface area contributed by atoms with Crippen LogP contribution in [0.4, 0.5) is 5.69 Å². The molecule has 2 rings (SSSR count). The lowest BCUT2D eigenvalue weighted by Gasteiger charge is -2.05. The Kier molecular flexibility index (Phi) is 3.99. The Morgan fingerprint density at radius 2 is 2.10 bits per heavy atom. The van der Waals surface area contributed by atoms with E-state index in [9.17, 15) is 14.9 Å². The second-order valence-electron chi connectivity index (χ2n) is 4.50. The SMILES string of the molecule is Cc1ccc(Sc2c([N+](=O)[O-])c(C)nn2C)cc1C(=O)O. The molecule has 0 fully saturated rings. The molecule has 1 aromatic carbocycles. The monoisotopic (exact) mass is 307 g/mol. The Balaban J connectivity index is 2.46. The highest BCUT2D eigenvalue weighted by atomic mass is 32.2. The number of rotatable bonds is 4. The van der Waals surface area contributed by atoms with Crippen molar-refractivity contribution >= 4 is 23.4 Å². The molecule has 2 aromatic rings. The molecule has 0 spiro atoms. The second kappa shape index (κ2) is 5.57. The van der Waals surface area contributed by atoms with Gasteiger partial charge in [-0.3, -0.25) is 14.8 Å². The zero-order valence-electron chi connectivity index (χ0n) is 11.7. The number of nitro groups is 1. The summed E-state index contributed by atoms with van der Waals surface area (Å²) in [7, 11) is 1.62. The van der Waals surface area contributed by atoms with E-state index in [-0.39, 0.29) is 11.3 Å². The molecule has 0 saturated heterocycles. The number of aromatic nitrogens is 2. The smallest absolute Gasteiger partial charge is 0.335 e. The van der Waals surface area contributed by atoms with Gasteiger partial charge in [-0.15, -0.1) is 0 Å². The van der Waals surface area contributed by atoms with Crippen molar-refractivity contribution < 1.29 is 14.8 Å². The van der Waals surface area contributed by atoms with Gasteiger partial charge in [0, 0.05) is 11.9 Å². The van der Waals surface area contributed by atoms with Gasteiger partial charge in [0.2, 0.25) is 0 Å². The third-order valence-electron chi connectivity index (χ3n) is 2.98. The number of hydrogen-bond donors (Lipinski definition) is 1. The summed E-state index contributed by atoms with van der Waals surface area (Å²) in [5.41, 5.74) is 1.10. The van der Waals surface area contributed by atoms with Crippen molar-refractivity contribution in [3.05, 3.63) is 45.1 Å². The lowest BCUT2D eigenvalue weighted by molar-refractivity contribution is -0.388. The van der Waals surface area contributed by atoms with Crippen LogP contribution in [0.2, 0.25) is 0 Å². The van der Waals surface area contributed by atoms with E-state index in [2.05, 4.69) is 5.10 Å². The minimum atomic E-state index is -1.02. The molecule has 0 aliphatic rings. The number of aryl methyl sites for hydroxylation is 3. The molecule has 0 atom stereocenters. The number of carboxylic acid groups (broad SMARTS) is 1. The lowest BCUT2D eigenvalue weighted by atomic mass is 10.1. The summed E-state index contributed by atoms with van der Waals surface area (Å²) >= 11 is 1.13. The van der Waals surface area contributed by atoms with Crippen LogP contribution in [0.15, 0.2) is 28.1 Å². The molecule has 0 aliphatic carbocycles. The Morgan fingerprint density at radius 1 is 1.43 bits per heavy atom. The van der Waals surface area contributed by atoms with E-state index in [0.29, 0.717) is 21.2 Å². The van der Waals surface area contributed by atoms with Gasteiger partial charge in [0.25, 0.3) is 0 Å². The molecule has 7 nitrogen and oxygen atoms in total. The normalized spacial score (nSPS) is 10.6. The molecule has 1 aromatic heterocycles. The summed E-state index contributed by atoms with van der Waals surface area (Å²) in [5, 5.41) is 24.7. The molecule has 1 heterocycles. The number of hydrogen-bond acceptors (Lipinski definition) is 5. The van der Waals surface area contributed by atoms with Crippen LogP contribution in [0.5, 0.6) is 0 Å². The van der Waals surface area contributed by atoms with E-state index in [4.69, 9.17) is 5.11 Å². The Morgan fingerprint density at radius 3 is 2.67 bits per heavy atom. The predicted octanol–water partition coefficient (Wildman–Crippen LogP) is 2.79. The van der Waals surface area contributed by atoms with Gasteiger partial charge in [-0.2, -0.15) is 5.10 Å². The van der Waals surface area contributed by atoms with Gasteiger partial charge in [0.1, 0.15) is 5.69 Å². The Bertz CT molecular complexity index is 739. The fourth-order valence-corrected chi connectivity index (χ4v) is 2.99. The number of benzene rings is 1. The summed E-state index contributed by atoms with van der Waals surface area (Å²) in [6.45, 7) is 3.27. The van der Waals surface area contributed by atoms with Crippen LogP contribution in [-0.2, 0) is 7.05 Å².